The first-order valence-electron chi connectivity index (χ1n) is 11.9. The minimum atomic E-state index is -0.186. The zero-order chi connectivity index (χ0) is 25.0. The Kier molecular flexibility index (Phi) is 7.60. The van der Waals surface area contributed by atoms with E-state index in [0.29, 0.717) is 60.6 Å². The Balaban J connectivity index is 1.34. The Hall–Kier alpha value is -3.13. The van der Waals surface area contributed by atoms with Crippen molar-refractivity contribution in [3.8, 4) is 17.2 Å². The number of ether oxygens (including phenoxy) is 3. The van der Waals surface area contributed by atoms with E-state index >= 15 is 0 Å². The molecule has 2 aromatic carbocycles. The summed E-state index contributed by atoms with van der Waals surface area (Å²) in [5.74, 6) is 1.77. The lowest BCUT2D eigenvalue weighted by Gasteiger charge is -2.39. The third-order valence-electron chi connectivity index (χ3n) is 6.96. The van der Waals surface area contributed by atoms with E-state index in [1.807, 2.05) is 41.0 Å². The van der Waals surface area contributed by atoms with Crippen LogP contribution in [0.3, 0.4) is 0 Å². The maximum absolute atomic E-state index is 13.0. The van der Waals surface area contributed by atoms with Crippen molar-refractivity contribution >= 4 is 29.2 Å². The summed E-state index contributed by atoms with van der Waals surface area (Å²) in [5, 5.41) is 3.32. The van der Waals surface area contributed by atoms with Crippen LogP contribution in [0, 0.1) is 5.41 Å². The summed E-state index contributed by atoms with van der Waals surface area (Å²) >= 11 is 6.24. The van der Waals surface area contributed by atoms with Crippen molar-refractivity contribution in [1.82, 2.24) is 9.80 Å². The van der Waals surface area contributed by atoms with Gasteiger partial charge in [0.25, 0.3) is 5.91 Å². The van der Waals surface area contributed by atoms with Crippen molar-refractivity contribution in [3.63, 3.8) is 0 Å². The van der Waals surface area contributed by atoms with Crippen molar-refractivity contribution in [1.29, 1.82) is 0 Å². The first-order chi connectivity index (χ1) is 16.9. The van der Waals surface area contributed by atoms with E-state index in [0.717, 1.165) is 25.0 Å². The molecule has 2 aliphatic rings. The Labute approximate surface area is 211 Å². The average molecular weight is 502 g/mol. The van der Waals surface area contributed by atoms with Crippen LogP contribution in [0.2, 0.25) is 5.02 Å². The van der Waals surface area contributed by atoms with Gasteiger partial charge in [-0.3, -0.25) is 4.79 Å². The fraction of sp³-hybridized carbons (Fsp3) is 0.462. The topological polar surface area (TPSA) is 80.3 Å². The molecule has 9 heteroatoms. The number of likely N-dealkylation sites (tertiary alicyclic amines) is 2. The summed E-state index contributed by atoms with van der Waals surface area (Å²) in [5.41, 5.74) is 1.21. The van der Waals surface area contributed by atoms with Crippen LogP contribution in [-0.2, 0) is 0 Å². The predicted molar refractivity (Wildman–Crippen MR) is 135 cm³/mol. The smallest absolute Gasteiger partial charge is 0.321 e. The van der Waals surface area contributed by atoms with Gasteiger partial charge in [0.15, 0.2) is 0 Å². The maximum atomic E-state index is 13.0. The SMILES string of the molecule is CCOc1ccc(C(=O)N2CCC3(CCN(C(=O)Nc4cc(Cl)c(OC)cc4OC)C3)CC2)cc1. The fourth-order valence-corrected chi connectivity index (χ4v) is 5.14. The van der Waals surface area contributed by atoms with Crippen LogP contribution < -0.4 is 19.5 Å². The number of anilines is 1. The van der Waals surface area contributed by atoms with Gasteiger partial charge < -0.3 is 29.3 Å². The lowest BCUT2D eigenvalue weighted by atomic mass is 9.77. The zero-order valence-corrected chi connectivity index (χ0v) is 21.2. The fourth-order valence-electron chi connectivity index (χ4n) is 4.90. The van der Waals surface area contributed by atoms with E-state index in [2.05, 4.69) is 5.32 Å². The number of urea groups is 1. The zero-order valence-electron chi connectivity index (χ0n) is 20.4. The molecular weight excluding hydrogens is 470 g/mol. The van der Waals surface area contributed by atoms with E-state index in [4.69, 9.17) is 25.8 Å². The highest BCUT2D eigenvalue weighted by Gasteiger charge is 2.43. The molecule has 0 atom stereocenters. The number of piperidine rings is 1. The molecule has 2 aliphatic heterocycles. The normalized spacial score (nSPS) is 16.8. The van der Waals surface area contributed by atoms with Gasteiger partial charge in [0.05, 0.1) is 31.5 Å². The second-order valence-corrected chi connectivity index (χ2v) is 9.45. The summed E-state index contributed by atoms with van der Waals surface area (Å²) in [6.07, 6.45) is 2.67. The summed E-state index contributed by atoms with van der Waals surface area (Å²) in [7, 11) is 3.06. The Morgan fingerprint density at radius 1 is 0.971 bits per heavy atom. The molecule has 35 heavy (non-hydrogen) atoms. The standard InChI is InChI=1S/C26H32ClN3O5/c1-4-35-19-7-5-18(6-8-19)24(31)29-12-9-26(10-13-29)11-14-30(17-26)25(32)28-21-15-20(27)22(33-2)16-23(21)34-3/h5-8,15-16H,4,9-14,17H2,1-3H3,(H,28,32). The average Bonchev–Trinajstić information content (AvgIpc) is 3.28. The molecule has 0 radical (unpaired) electrons. The van der Waals surface area contributed by atoms with Gasteiger partial charge in [-0.15, -0.1) is 0 Å². The lowest BCUT2D eigenvalue weighted by molar-refractivity contribution is 0.0595. The number of methoxy groups -OCH3 is 2. The Bertz CT molecular complexity index is 1070. The number of hydrogen-bond donors (Lipinski definition) is 1. The number of nitrogens with zero attached hydrogens (tertiary/aromatic N) is 2. The molecule has 1 N–H and O–H groups in total. The third kappa shape index (κ3) is 5.42. The van der Waals surface area contributed by atoms with Crippen molar-refractivity contribution < 1.29 is 23.8 Å². The van der Waals surface area contributed by atoms with Gasteiger partial charge in [-0.25, -0.2) is 4.79 Å². The second-order valence-electron chi connectivity index (χ2n) is 9.04. The minimum Gasteiger partial charge on any atom is -0.495 e. The van der Waals surface area contributed by atoms with Crippen molar-refractivity contribution in [3.05, 3.63) is 47.0 Å². The monoisotopic (exact) mass is 501 g/mol. The van der Waals surface area contributed by atoms with Crippen LogP contribution in [-0.4, -0.2) is 68.7 Å². The van der Waals surface area contributed by atoms with Gasteiger partial charge in [0, 0.05) is 37.8 Å². The third-order valence-corrected chi connectivity index (χ3v) is 7.26. The van der Waals surface area contributed by atoms with Gasteiger partial charge >= 0.3 is 6.03 Å². The molecule has 0 aromatic heterocycles. The van der Waals surface area contributed by atoms with Crippen molar-refractivity contribution in [2.45, 2.75) is 26.2 Å². The van der Waals surface area contributed by atoms with Crippen LogP contribution in [0.1, 0.15) is 36.5 Å². The maximum Gasteiger partial charge on any atom is 0.321 e. The molecule has 2 fully saturated rings. The van der Waals surface area contributed by atoms with E-state index < -0.39 is 0 Å². The molecule has 0 saturated carbocycles. The number of nitrogens with one attached hydrogen (secondary N) is 1. The van der Waals surface area contributed by atoms with E-state index in [1.165, 1.54) is 14.2 Å². The molecule has 0 unspecified atom stereocenters. The quantitative estimate of drug-likeness (QED) is 0.608. The molecule has 2 aromatic rings. The number of rotatable bonds is 6. The van der Waals surface area contributed by atoms with Gasteiger partial charge in [-0.2, -0.15) is 0 Å². The molecule has 4 rings (SSSR count). The van der Waals surface area contributed by atoms with Gasteiger partial charge in [-0.1, -0.05) is 11.6 Å². The van der Waals surface area contributed by atoms with Gasteiger partial charge in [0.1, 0.15) is 17.2 Å². The highest BCUT2D eigenvalue weighted by Crippen LogP contribution is 2.41. The molecule has 2 saturated heterocycles. The lowest BCUT2D eigenvalue weighted by Crippen LogP contribution is -2.45. The molecule has 1 spiro atoms. The molecule has 0 aliphatic carbocycles. The molecular formula is C26H32ClN3O5. The summed E-state index contributed by atoms with van der Waals surface area (Å²) < 4.78 is 16.1. The van der Waals surface area contributed by atoms with Crippen molar-refractivity contribution in [2.24, 2.45) is 5.41 Å². The number of amides is 3. The van der Waals surface area contributed by atoms with Crippen LogP contribution in [0.15, 0.2) is 36.4 Å². The second kappa shape index (κ2) is 10.6. The molecule has 2 heterocycles. The first-order valence-corrected chi connectivity index (χ1v) is 12.3. The van der Waals surface area contributed by atoms with Crippen LogP contribution in [0.5, 0.6) is 17.2 Å². The van der Waals surface area contributed by atoms with Crippen LogP contribution in [0.4, 0.5) is 10.5 Å². The number of hydrogen-bond acceptors (Lipinski definition) is 5. The molecule has 3 amide bonds. The van der Waals surface area contributed by atoms with Crippen LogP contribution >= 0.6 is 11.6 Å². The van der Waals surface area contributed by atoms with Gasteiger partial charge in [-0.05, 0) is 61.9 Å². The highest BCUT2D eigenvalue weighted by molar-refractivity contribution is 6.32. The summed E-state index contributed by atoms with van der Waals surface area (Å²) in [6, 6.07) is 10.4. The molecule has 8 nitrogen and oxygen atoms in total. The van der Waals surface area contributed by atoms with E-state index in [9.17, 15) is 9.59 Å². The van der Waals surface area contributed by atoms with E-state index in [-0.39, 0.29) is 17.4 Å². The minimum absolute atomic E-state index is 0.0363. The highest BCUT2D eigenvalue weighted by atomic mass is 35.5. The predicted octanol–water partition coefficient (Wildman–Crippen LogP) is 4.92. The number of halogens is 1. The van der Waals surface area contributed by atoms with Crippen LogP contribution in [0.25, 0.3) is 0 Å². The summed E-state index contributed by atoms with van der Waals surface area (Å²) in [6.45, 7) is 5.23. The Morgan fingerprint density at radius 3 is 2.20 bits per heavy atom. The number of carbonyl (C=O) groups is 2. The molecule has 0 bridgehead atoms. The number of benzene rings is 2. The Morgan fingerprint density at radius 2 is 1.60 bits per heavy atom. The van der Waals surface area contributed by atoms with Gasteiger partial charge in [0.2, 0.25) is 0 Å². The largest absolute Gasteiger partial charge is 0.495 e. The van der Waals surface area contributed by atoms with E-state index in [1.54, 1.807) is 12.1 Å². The first kappa shape index (κ1) is 25.0. The number of carbonyl (C=O) groups excluding carboxylic acids is 2. The summed E-state index contributed by atoms with van der Waals surface area (Å²) in [4.78, 5) is 29.7. The van der Waals surface area contributed by atoms with Crippen molar-refractivity contribution in [2.75, 3.05) is 52.3 Å². The molecule has 188 valence electrons.